The molecule has 0 unspecified atom stereocenters. The third kappa shape index (κ3) is 3.96. The highest BCUT2D eigenvalue weighted by Gasteiger charge is 2.24. The average Bonchev–Trinajstić information content (AvgIpc) is 2.44. The Labute approximate surface area is 115 Å². The normalized spacial score (nSPS) is 11.2. The van der Waals surface area contributed by atoms with Gasteiger partial charge in [-0.15, -0.1) is 0 Å². The van der Waals surface area contributed by atoms with E-state index in [1.165, 1.54) is 0 Å². The van der Waals surface area contributed by atoms with E-state index in [4.69, 9.17) is 4.74 Å². The molecule has 0 aliphatic rings. The maximum atomic E-state index is 11.9. The number of methoxy groups -OCH3 is 1. The molecule has 0 spiro atoms. The molecule has 0 aliphatic heterocycles. The largest absolute Gasteiger partial charge is 0.496 e. The molecule has 0 bridgehead atoms. The van der Waals surface area contributed by atoms with Crippen LogP contribution in [-0.4, -0.2) is 25.6 Å². The quantitative estimate of drug-likeness (QED) is 0.824. The molecule has 0 saturated heterocycles. The van der Waals surface area contributed by atoms with Gasteiger partial charge in [0.05, 0.1) is 12.6 Å². The van der Waals surface area contributed by atoms with Gasteiger partial charge in [0.2, 0.25) is 5.91 Å². The van der Waals surface area contributed by atoms with Crippen LogP contribution in [-0.2, 0) is 17.8 Å². The number of hydrogen-bond donors (Lipinski definition) is 2. The van der Waals surface area contributed by atoms with Gasteiger partial charge in [-0.2, -0.15) is 0 Å². The summed E-state index contributed by atoms with van der Waals surface area (Å²) in [5, 5.41) is 5.92. The molecule has 0 heterocycles. The fourth-order valence-electron chi connectivity index (χ4n) is 1.74. The Morgan fingerprint density at radius 1 is 1.37 bits per heavy atom. The summed E-state index contributed by atoms with van der Waals surface area (Å²) in [5.41, 5.74) is 1.68. The number of carbonyl (C=O) groups is 1. The van der Waals surface area contributed by atoms with Gasteiger partial charge < -0.3 is 15.4 Å². The van der Waals surface area contributed by atoms with Crippen LogP contribution < -0.4 is 15.4 Å². The minimum absolute atomic E-state index is 0.0103. The number of rotatable bonds is 6. The van der Waals surface area contributed by atoms with E-state index in [-0.39, 0.29) is 5.91 Å². The maximum absolute atomic E-state index is 11.9. The summed E-state index contributed by atoms with van der Waals surface area (Å²) in [6.07, 6.45) is 0.910. The summed E-state index contributed by atoms with van der Waals surface area (Å²) in [7, 11) is 3.45. The Morgan fingerprint density at radius 3 is 2.58 bits per heavy atom. The predicted molar refractivity (Wildman–Crippen MR) is 77.4 cm³/mol. The van der Waals surface area contributed by atoms with Gasteiger partial charge in [0, 0.05) is 6.54 Å². The van der Waals surface area contributed by atoms with E-state index in [9.17, 15) is 4.79 Å². The molecular formula is C15H24N2O2. The van der Waals surface area contributed by atoms with Crippen molar-refractivity contribution in [3.63, 3.8) is 0 Å². The number of likely N-dealkylation sites (N-methyl/N-ethyl adjacent to an activating group) is 1. The van der Waals surface area contributed by atoms with Crippen LogP contribution >= 0.6 is 0 Å². The van der Waals surface area contributed by atoms with Crippen molar-refractivity contribution in [1.82, 2.24) is 10.6 Å². The molecule has 1 rings (SSSR count). The molecule has 1 aromatic carbocycles. The van der Waals surface area contributed by atoms with E-state index in [1.54, 1.807) is 14.2 Å². The summed E-state index contributed by atoms with van der Waals surface area (Å²) in [6, 6.07) is 6.00. The molecule has 4 heteroatoms. The van der Waals surface area contributed by atoms with Gasteiger partial charge in [0.1, 0.15) is 5.75 Å². The lowest BCUT2D eigenvalue weighted by atomic mass is 10.0. The molecule has 0 aromatic heterocycles. The molecule has 0 aliphatic carbocycles. The summed E-state index contributed by atoms with van der Waals surface area (Å²) in [6.45, 7) is 6.33. The fourth-order valence-corrected chi connectivity index (χ4v) is 1.74. The van der Waals surface area contributed by atoms with Gasteiger partial charge >= 0.3 is 0 Å². The first kappa shape index (κ1) is 15.5. The number of ether oxygens (including phenoxy) is 1. The number of benzene rings is 1. The van der Waals surface area contributed by atoms with E-state index in [0.29, 0.717) is 6.54 Å². The van der Waals surface area contributed by atoms with Crippen LogP contribution in [0.3, 0.4) is 0 Å². The fraction of sp³-hybridized carbons (Fsp3) is 0.533. The van der Waals surface area contributed by atoms with Gasteiger partial charge in [-0.1, -0.05) is 19.1 Å². The van der Waals surface area contributed by atoms with E-state index >= 15 is 0 Å². The molecule has 1 aromatic rings. The lowest BCUT2D eigenvalue weighted by Crippen LogP contribution is -2.50. The van der Waals surface area contributed by atoms with Crippen LogP contribution in [0, 0.1) is 0 Å². The third-order valence-corrected chi connectivity index (χ3v) is 3.37. The van der Waals surface area contributed by atoms with Crippen LogP contribution in [0.4, 0.5) is 0 Å². The number of carbonyl (C=O) groups excluding carboxylic acids is 1. The Hall–Kier alpha value is -1.55. The van der Waals surface area contributed by atoms with Crippen molar-refractivity contribution in [1.29, 1.82) is 0 Å². The Balaban J connectivity index is 2.71. The Bertz CT molecular complexity index is 442. The zero-order valence-corrected chi connectivity index (χ0v) is 12.5. The number of hydrogen-bond acceptors (Lipinski definition) is 3. The first-order valence-electron chi connectivity index (χ1n) is 6.57. The third-order valence-electron chi connectivity index (χ3n) is 3.37. The molecule has 0 saturated carbocycles. The van der Waals surface area contributed by atoms with E-state index in [0.717, 1.165) is 23.3 Å². The molecule has 19 heavy (non-hydrogen) atoms. The topological polar surface area (TPSA) is 50.4 Å². The lowest BCUT2D eigenvalue weighted by molar-refractivity contribution is -0.126. The number of aryl methyl sites for hydroxylation is 1. The van der Waals surface area contributed by atoms with Crippen molar-refractivity contribution >= 4 is 5.91 Å². The first-order valence-corrected chi connectivity index (χ1v) is 6.57. The summed E-state index contributed by atoms with van der Waals surface area (Å²) in [5.74, 6) is 0.886. The van der Waals surface area contributed by atoms with Crippen LogP contribution in [0.15, 0.2) is 18.2 Å². The summed E-state index contributed by atoms with van der Waals surface area (Å²) in [4.78, 5) is 11.9. The van der Waals surface area contributed by atoms with Crippen LogP contribution in [0.2, 0.25) is 0 Å². The zero-order chi connectivity index (χ0) is 14.5. The first-order chi connectivity index (χ1) is 8.94. The highest BCUT2D eigenvalue weighted by Crippen LogP contribution is 2.20. The Morgan fingerprint density at radius 2 is 2.05 bits per heavy atom. The van der Waals surface area contributed by atoms with Crippen LogP contribution in [0.1, 0.15) is 31.9 Å². The van der Waals surface area contributed by atoms with Crippen molar-refractivity contribution in [3.05, 3.63) is 29.3 Å². The van der Waals surface area contributed by atoms with Gasteiger partial charge in [-0.3, -0.25) is 4.79 Å². The number of amides is 1. The van der Waals surface area contributed by atoms with Crippen molar-refractivity contribution in [2.45, 2.75) is 39.3 Å². The SMILES string of the molecule is CCc1cc(CNC(=O)C(C)(C)NC)ccc1OC. The number of nitrogens with one attached hydrogen (secondary N) is 2. The van der Waals surface area contributed by atoms with Crippen molar-refractivity contribution in [3.8, 4) is 5.75 Å². The summed E-state index contributed by atoms with van der Waals surface area (Å²) < 4.78 is 5.29. The molecule has 4 nitrogen and oxygen atoms in total. The van der Waals surface area contributed by atoms with Gasteiger partial charge in [0.25, 0.3) is 0 Å². The minimum Gasteiger partial charge on any atom is -0.496 e. The highest BCUT2D eigenvalue weighted by molar-refractivity contribution is 5.85. The monoisotopic (exact) mass is 264 g/mol. The van der Waals surface area contributed by atoms with Crippen molar-refractivity contribution in [2.24, 2.45) is 0 Å². The van der Waals surface area contributed by atoms with Crippen molar-refractivity contribution in [2.75, 3.05) is 14.2 Å². The standard InChI is InChI=1S/C15H24N2O2/c1-6-12-9-11(7-8-13(12)19-5)10-17-14(18)15(2,3)16-4/h7-9,16H,6,10H2,1-5H3,(H,17,18). The van der Waals surface area contributed by atoms with E-state index in [1.807, 2.05) is 26.0 Å². The maximum Gasteiger partial charge on any atom is 0.239 e. The molecule has 0 atom stereocenters. The van der Waals surface area contributed by atoms with E-state index < -0.39 is 5.54 Å². The second-order valence-corrected chi connectivity index (χ2v) is 5.06. The minimum atomic E-state index is -0.555. The zero-order valence-electron chi connectivity index (χ0n) is 12.5. The molecule has 2 N–H and O–H groups in total. The summed E-state index contributed by atoms with van der Waals surface area (Å²) >= 11 is 0. The second-order valence-electron chi connectivity index (χ2n) is 5.06. The van der Waals surface area contributed by atoms with Crippen LogP contribution in [0.5, 0.6) is 5.75 Å². The van der Waals surface area contributed by atoms with Gasteiger partial charge in [-0.05, 0) is 44.5 Å². The Kier molecular flexibility index (Phi) is 5.36. The molecule has 106 valence electrons. The van der Waals surface area contributed by atoms with E-state index in [2.05, 4.69) is 23.6 Å². The predicted octanol–water partition coefficient (Wildman–Crippen LogP) is 1.87. The average molecular weight is 264 g/mol. The molecule has 0 fully saturated rings. The molecule has 1 amide bonds. The second kappa shape index (κ2) is 6.57. The van der Waals surface area contributed by atoms with Gasteiger partial charge in [-0.25, -0.2) is 0 Å². The smallest absolute Gasteiger partial charge is 0.239 e. The lowest BCUT2D eigenvalue weighted by Gasteiger charge is -2.22. The molecule has 0 radical (unpaired) electrons. The highest BCUT2D eigenvalue weighted by atomic mass is 16.5. The molecular weight excluding hydrogens is 240 g/mol. The van der Waals surface area contributed by atoms with Gasteiger partial charge in [0.15, 0.2) is 0 Å². The van der Waals surface area contributed by atoms with Crippen LogP contribution in [0.25, 0.3) is 0 Å². The van der Waals surface area contributed by atoms with Crippen molar-refractivity contribution < 1.29 is 9.53 Å².